The lowest BCUT2D eigenvalue weighted by Crippen LogP contribution is -2.10. The van der Waals surface area contributed by atoms with Crippen LogP contribution in [0.5, 0.6) is 5.75 Å². The Labute approximate surface area is 159 Å². The predicted octanol–water partition coefficient (Wildman–Crippen LogP) is 5.80. The Morgan fingerprint density at radius 3 is 2.29 bits per heavy atom. The van der Waals surface area contributed by atoms with Gasteiger partial charge in [0, 0.05) is 21.8 Å². The molecule has 0 aliphatic rings. The van der Waals surface area contributed by atoms with Gasteiger partial charge in [-0.05, 0) is 66.0 Å². The lowest BCUT2D eigenvalue weighted by Gasteiger charge is -2.12. The van der Waals surface area contributed by atoms with Crippen LogP contribution in [0.2, 0.25) is 0 Å². The van der Waals surface area contributed by atoms with E-state index in [1.54, 1.807) is 13.2 Å². The fourth-order valence-electron chi connectivity index (χ4n) is 2.63. The molecule has 3 nitrogen and oxygen atoms in total. The van der Waals surface area contributed by atoms with Crippen molar-refractivity contribution in [1.82, 2.24) is 0 Å². The van der Waals surface area contributed by atoms with Gasteiger partial charge < -0.3 is 10.1 Å². The molecule has 0 fully saturated rings. The van der Waals surface area contributed by atoms with Crippen LogP contribution in [0.15, 0.2) is 39.3 Å². The molecule has 24 heavy (non-hydrogen) atoms. The van der Waals surface area contributed by atoms with Gasteiger partial charge in [0.25, 0.3) is 0 Å². The maximum atomic E-state index is 12.3. The molecule has 0 saturated carbocycles. The minimum Gasteiger partial charge on any atom is -0.495 e. The van der Waals surface area contributed by atoms with Gasteiger partial charge in [0.05, 0.1) is 11.6 Å². The zero-order valence-corrected chi connectivity index (χ0v) is 17.2. The number of amides is 1. The second-order valence-corrected chi connectivity index (χ2v) is 7.38. The monoisotopic (exact) mass is 451 g/mol. The van der Waals surface area contributed by atoms with Crippen molar-refractivity contribution in [1.29, 1.82) is 0 Å². The standard InChI is InChI=1S/C19H19Br2NO2/c1-11-7-12(2)18(13(3)8-11)22-17(23)6-5-14-9-15(20)10-16(21)19(14)24-4/h5-10H,1-4H3,(H,22,23)/b6-5+. The first kappa shape index (κ1) is 18.7. The first-order valence-corrected chi connectivity index (χ1v) is 9.00. The first-order chi connectivity index (χ1) is 11.3. The molecule has 0 heterocycles. The van der Waals surface area contributed by atoms with E-state index < -0.39 is 0 Å². The summed E-state index contributed by atoms with van der Waals surface area (Å²) in [4.78, 5) is 12.3. The van der Waals surface area contributed by atoms with Crippen molar-refractivity contribution >= 4 is 49.5 Å². The van der Waals surface area contributed by atoms with Crippen LogP contribution >= 0.6 is 31.9 Å². The Morgan fingerprint density at radius 1 is 1.08 bits per heavy atom. The number of hydrogen-bond donors (Lipinski definition) is 1. The van der Waals surface area contributed by atoms with E-state index in [1.165, 1.54) is 11.6 Å². The second-order valence-electron chi connectivity index (χ2n) is 5.61. The number of ether oxygens (including phenoxy) is 1. The highest BCUT2D eigenvalue weighted by atomic mass is 79.9. The number of methoxy groups -OCH3 is 1. The summed E-state index contributed by atoms with van der Waals surface area (Å²) in [7, 11) is 1.60. The van der Waals surface area contributed by atoms with Crippen LogP contribution in [0.25, 0.3) is 6.08 Å². The van der Waals surface area contributed by atoms with Gasteiger partial charge in [-0.15, -0.1) is 0 Å². The van der Waals surface area contributed by atoms with Crippen molar-refractivity contribution in [2.75, 3.05) is 12.4 Å². The number of benzene rings is 2. The normalized spacial score (nSPS) is 10.9. The van der Waals surface area contributed by atoms with Crippen LogP contribution < -0.4 is 10.1 Å². The SMILES string of the molecule is COc1c(Br)cc(Br)cc1/C=C/C(=O)Nc1c(C)cc(C)cc1C. The van der Waals surface area contributed by atoms with Crippen molar-refractivity contribution < 1.29 is 9.53 Å². The Morgan fingerprint density at radius 2 is 1.71 bits per heavy atom. The van der Waals surface area contributed by atoms with E-state index in [0.717, 1.165) is 31.3 Å². The van der Waals surface area contributed by atoms with Crippen molar-refractivity contribution in [3.05, 3.63) is 61.5 Å². The molecule has 0 radical (unpaired) electrons. The quantitative estimate of drug-likeness (QED) is 0.595. The number of rotatable bonds is 4. The molecule has 0 unspecified atom stereocenters. The van der Waals surface area contributed by atoms with E-state index in [1.807, 2.05) is 32.9 Å². The molecule has 0 saturated heterocycles. The highest BCUT2D eigenvalue weighted by Gasteiger charge is 2.09. The Kier molecular flexibility index (Phi) is 6.24. The lowest BCUT2D eigenvalue weighted by atomic mass is 10.1. The molecule has 5 heteroatoms. The second kappa shape index (κ2) is 7.99. The van der Waals surface area contributed by atoms with Gasteiger partial charge in [-0.25, -0.2) is 0 Å². The summed E-state index contributed by atoms with van der Waals surface area (Å²) < 4.78 is 7.11. The van der Waals surface area contributed by atoms with Crippen molar-refractivity contribution in [2.24, 2.45) is 0 Å². The van der Waals surface area contributed by atoms with E-state index in [2.05, 4.69) is 49.3 Å². The highest BCUT2D eigenvalue weighted by molar-refractivity contribution is 9.11. The van der Waals surface area contributed by atoms with Crippen LogP contribution in [0.1, 0.15) is 22.3 Å². The number of carbonyl (C=O) groups is 1. The Balaban J connectivity index is 2.23. The maximum Gasteiger partial charge on any atom is 0.248 e. The third-order valence-electron chi connectivity index (χ3n) is 3.58. The topological polar surface area (TPSA) is 38.3 Å². The average Bonchev–Trinajstić information content (AvgIpc) is 2.48. The molecule has 0 bridgehead atoms. The summed E-state index contributed by atoms with van der Waals surface area (Å²) in [5.41, 5.74) is 4.96. The van der Waals surface area contributed by atoms with Crippen molar-refractivity contribution in [3.63, 3.8) is 0 Å². The minimum absolute atomic E-state index is 0.178. The summed E-state index contributed by atoms with van der Waals surface area (Å²) >= 11 is 6.90. The number of halogens is 2. The van der Waals surface area contributed by atoms with Crippen LogP contribution in [0.3, 0.4) is 0 Å². The van der Waals surface area contributed by atoms with Gasteiger partial charge in [-0.2, -0.15) is 0 Å². The lowest BCUT2D eigenvalue weighted by molar-refractivity contribution is -0.111. The molecular weight excluding hydrogens is 434 g/mol. The molecule has 0 aliphatic heterocycles. The van der Waals surface area contributed by atoms with Crippen LogP contribution in [-0.2, 0) is 4.79 Å². The van der Waals surface area contributed by atoms with Gasteiger partial charge in [-0.3, -0.25) is 4.79 Å². The molecule has 2 aromatic rings. The van der Waals surface area contributed by atoms with Crippen molar-refractivity contribution in [3.8, 4) is 5.75 Å². The van der Waals surface area contributed by atoms with Gasteiger partial charge in [0.1, 0.15) is 5.75 Å². The van der Waals surface area contributed by atoms with E-state index in [9.17, 15) is 4.79 Å². The van der Waals surface area contributed by atoms with Gasteiger partial charge in [0.2, 0.25) is 5.91 Å². The molecule has 0 aliphatic carbocycles. The molecular formula is C19H19Br2NO2. The van der Waals surface area contributed by atoms with Crippen LogP contribution in [0, 0.1) is 20.8 Å². The third-order valence-corrected chi connectivity index (χ3v) is 4.63. The molecule has 2 aromatic carbocycles. The molecule has 1 amide bonds. The van der Waals surface area contributed by atoms with Crippen molar-refractivity contribution in [2.45, 2.75) is 20.8 Å². The highest BCUT2D eigenvalue weighted by Crippen LogP contribution is 2.33. The molecule has 0 spiro atoms. The van der Waals surface area contributed by atoms with E-state index in [0.29, 0.717) is 5.75 Å². The summed E-state index contributed by atoms with van der Waals surface area (Å²) in [5, 5.41) is 2.95. The van der Waals surface area contributed by atoms with E-state index in [4.69, 9.17) is 4.74 Å². The van der Waals surface area contributed by atoms with Crippen LogP contribution in [-0.4, -0.2) is 13.0 Å². The summed E-state index contributed by atoms with van der Waals surface area (Å²) in [6, 6.07) is 7.91. The molecule has 0 aromatic heterocycles. The predicted molar refractivity (Wildman–Crippen MR) is 107 cm³/mol. The van der Waals surface area contributed by atoms with Gasteiger partial charge in [0.15, 0.2) is 0 Å². The molecule has 1 N–H and O–H groups in total. The number of anilines is 1. The number of hydrogen-bond acceptors (Lipinski definition) is 2. The number of carbonyl (C=O) groups excluding carboxylic acids is 1. The average molecular weight is 453 g/mol. The smallest absolute Gasteiger partial charge is 0.248 e. The Hall–Kier alpha value is -1.59. The first-order valence-electron chi connectivity index (χ1n) is 7.41. The minimum atomic E-state index is -0.178. The van der Waals surface area contributed by atoms with Crippen LogP contribution in [0.4, 0.5) is 5.69 Å². The molecule has 0 atom stereocenters. The molecule has 126 valence electrons. The zero-order chi connectivity index (χ0) is 17.9. The van der Waals surface area contributed by atoms with E-state index in [-0.39, 0.29) is 5.91 Å². The summed E-state index contributed by atoms with van der Waals surface area (Å²) in [5.74, 6) is 0.508. The number of aryl methyl sites for hydroxylation is 3. The fourth-order valence-corrected chi connectivity index (χ4v) is 4.05. The number of nitrogens with one attached hydrogen (secondary N) is 1. The fraction of sp³-hybridized carbons (Fsp3) is 0.211. The Bertz CT molecular complexity index is 790. The van der Waals surface area contributed by atoms with Gasteiger partial charge >= 0.3 is 0 Å². The van der Waals surface area contributed by atoms with Gasteiger partial charge in [-0.1, -0.05) is 33.6 Å². The zero-order valence-electron chi connectivity index (χ0n) is 14.0. The maximum absolute atomic E-state index is 12.3. The summed E-state index contributed by atoms with van der Waals surface area (Å²) in [6.45, 7) is 6.03. The largest absolute Gasteiger partial charge is 0.495 e. The van der Waals surface area contributed by atoms with E-state index >= 15 is 0 Å². The molecule has 2 rings (SSSR count). The third kappa shape index (κ3) is 4.48. The summed E-state index contributed by atoms with van der Waals surface area (Å²) in [6.07, 6.45) is 3.25.